The molecule has 1 aromatic carbocycles. The molecule has 1 amide bonds. The SMILES string of the molecule is Cc1ccc(N(C)C(=O)CC(N)=S)c(C)c1. The predicted octanol–water partition coefficient (Wildman–Crippen LogP) is 1.94. The summed E-state index contributed by atoms with van der Waals surface area (Å²) in [7, 11) is 1.73. The van der Waals surface area contributed by atoms with E-state index in [4.69, 9.17) is 18.0 Å². The van der Waals surface area contributed by atoms with E-state index in [0.717, 1.165) is 11.3 Å². The molecule has 0 saturated heterocycles. The molecule has 0 unspecified atom stereocenters. The number of anilines is 1. The Bertz CT molecular complexity index is 429. The molecule has 16 heavy (non-hydrogen) atoms. The van der Waals surface area contributed by atoms with Crippen molar-refractivity contribution in [3.05, 3.63) is 29.3 Å². The lowest BCUT2D eigenvalue weighted by Gasteiger charge is -2.19. The van der Waals surface area contributed by atoms with Gasteiger partial charge in [-0.05, 0) is 25.5 Å². The average Bonchev–Trinajstić information content (AvgIpc) is 2.15. The number of amides is 1. The van der Waals surface area contributed by atoms with Gasteiger partial charge in [-0.25, -0.2) is 0 Å². The van der Waals surface area contributed by atoms with Crippen LogP contribution in [0.4, 0.5) is 5.69 Å². The summed E-state index contributed by atoms with van der Waals surface area (Å²) in [6.45, 7) is 4.00. The molecule has 0 aliphatic carbocycles. The summed E-state index contributed by atoms with van der Waals surface area (Å²) in [4.78, 5) is 13.6. The maximum atomic E-state index is 11.7. The quantitative estimate of drug-likeness (QED) is 0.816. The highest BCUT2D eigenvalue weighted by atomic mass is 32.1. The first kappa shape index (κ1) is 12.6. The van der Waals surface area contributed by atoms with Gasteiger partial charge < -0.3 is 10.6 Å². The standard InChI is InChI=1S/C12H16N2OS/c1-8-4-5-10(9(2)6-8)14(3)12(15)7-11(13)16/h4-6H,7H2,1-3H3,(H2,13,16). The average molecular weight is 236 g/mol. The molecule has 4 heteroatoms. The van der Waals surface area contributed by atoms with Gasteiger partial charge in [0.15, 0.2) is 0 Å². The highest BCUT2D eigenvalue weighted by molar-refractivity contribution is 7.80. The molecule has 0 spiro atoms. The van der Waals surface area contributed by atoms with Crippen molar-refractivity contribution < 1.29 is 4.79 Å². The van der Waals surface area contributed by atoms with E-state index in [0.29, 0.717) is 0 Å². The number of hydrogen-bond acceptors (Lipinski definition) is 2. The zero-order chi connectivity index (χ0) is 12.3. The van der Waals surface area contributed by atoms with Gasteiger partial charge >= 0.3 is 0 Å². The summed E-state index contributed by atoms with van der Waals surface area (Å²) in [6.07, 6.45) is 0.110. The molecule has 0 aromatic heterocycles. The van der Waals surface area contributed by atoms with Crippen LogP contribution in [-0.4, -0.2) is 17.9 Å². The minimum Gasteiger partial charge on any atom is -0.393 e. The molecule has 0 heterocycles. The molecular weight excluding hydrogens is 220 g/mol. The fraction of sp³-hybridized carbons (Fsp3) is 0.333. The molecule has 0 atom stereocenters. The fourth-order valence-electron chi connectivity index (χ4n) is 1.58. The Morgan fingerprint density at radius 2 is 2.06 bits per heavy atom. The molecule has 3 nitrogen and oxygen atoms in total. The van der Waals surface area contributed by atoms with Crippen LogP contribution in [0.15, 0.2) is 18.2 Å². The van der Waals surface area contributed by atoms with Crippen LogP contribution in [-0.2, 0) is 4.79 Å². The Morgan fingerprint density at radius 3 is 2.56 bits per heavy atom. The van der Waals surface area contributed by atoms with E-state index in [9.17, 15) is 4.79 Å². The van der Waals surface area contributed by atoms with Crippen LogP contribution in [0.3, 0.4) is 0 Å². The number of carbonyl (C=O) groups excluding carboxylic acids is 1. The maximum Gasteiger partial charge on any atom is 0.233 e. The lowest BCUT2D eigenvalue weighted by Crippen LogP contribution is -2.30. The van der Waals surface area contributed by atoms with Gasteiger partial charge in [-0.15, -0.1) is 0 Å². The van der Waals surface area contributed by atoms with Gasteiger partial charge in [0.25, 0.3) is 0 Å². The summed E-state index contributed by atoms with van der Waals surface area (Å²) in [5.74, 6) is -0.0838. The molecule has 86 valence electrons. The third-order valence-electron chi connectivity index (χ3n) is 2.41. The summed E-state index contributed by atoms with van der Waals surface area (Å²) >= 11 is 4.72. The Morgan fingerprint density at radius 1 is 1.44 bits per heavy atom. The first-order chi connectivity index (χ1) is 7.41. The van der Waals surface area contributed by atoms with Crippen molar-refractivity contribution in [2.75, 3.05) is 11.9 Å². The van der Waals surface area contributed by atoms with Gasteiger partial charge in [0, 0.05) is 12.7 Å². The maximum absolute atomic E-state index is 11.7. The zero-order valence-electron chi connectivity index (χ0n) is 9.78. The molecule has 0 saturated carbocycles. The number of carbonyl (C=O) groups is 1. The van der Waals surface area contributed by atoms with Gasteiger partial charge in [-0.2, -0.15) is 0 Å². The van der Waals surface area contributed by atoms with Crippen LogP contribution in [0.1, 0.15) is 17.5 Å². The minimum absolute atomic E-state index is 0.0838. The fourth-order valence-corrected chi connectivity index (χ4v) is 1.71. The van der Waals surface area contributed by atoms with Crippen molar-refractivity contribution in [2.45, 2.75) is 20.3 Å². The van der Waals surface area contributed by atoms with Crippen LogP contribution in [0, 0.1) is 13.8 Å². The van der Waals surface area contributed by atoms with E-state index >= 15 is 0 Å². The molecule has 2 N–H and O–H groups in total. The van der Waals surface area contributed by atoms with Crippen molar-refractivity contribution >= 4 is 28.8 Å². The Balaban J connectivity index is 2.91. The number of hydrogen-bond donors (Lipinski definition) is 1. The monoisotopic (exact) mass is 236 g/mol. The largest absolute Gasteiger partial charge is 0.393 e. The Hall–Kier alpha value is -1.42. The van der Waals surface area contributed by atoms with Crippen molar-refractivity contribution in [1.82, 2.24) is 0 Å². The van der Waals surface area contributed by atoms with Gasteiger partial charge in [-0.1, -0.05) is 29.9 Å². The number of thiocarbonyl (C=S) groups is 1. The smallest absolute Gasteiger partial charge is 0.233 e. The lowest BCUT2D eigenvalue weighted by molar-refractivity contribution is -0.117. The van der Waals surface area contributed by atoms with E-state index in [1.807, 2.05) is 32.0 Å². The van der Waals surface area contributed by atoms with Crippen LogP contribution < -0.4 is 10.6 Å². The first-order valence-corrected chi connectivity index (χ1v) is 5.44. The van der Waals surface area contributed by atoms with Crippen molar-refractivity contribution in [3.63, 3.8) is 0 Å². The van der Waals surface area contributed by atoms with Crippen LogP contribution in [0.2, 0.25) is 0 Å². The van der Waals surface area contributed by atoms with E-state index in [-0.39, 0.29) is 17.3 Å². The summed E-state index contributed by atoms with van der Waals surface area (Å²) in [5, 5.41) is 0. The molecule has 0 bridgehead atoms. The molecule has 1 rings (SSSR count). The second kappa shape index (κ2) is 5.07. The number of nitrogens with two attached hydrogens (primary N) is 1. The first-order valence-electron chi connectivity index (χ1n) is 5.04. The van der Waals surface area contributed by atoms with Gasteiger partial charge in [0.2, 0.25) is 5.91 Å². The van der Waals surface area contributed by atoms with E-state index < -0.39 is 0 Å². The second-order valence-corrected chi connectivity index (χ2v) is 4.41. The van der Waals surface area contributed by atoms with Crippen LogP contribution in [0.25, 0.3) is 0 Å². The molecular formula is C12H16N2OS. The van der Waals surface area contributed by atoms with Gasteiger partial charge in [0.1, 0.15) is 0 Å². The van der Waals surface area contributed by atoms with E-state index in [1.165, 1.54) is 5.56 Å². The molecule has 0 aliphatic heterocycles. The minimum atomic E-state index is -0.0838. The van der Waals surface area contributed by atoms with E-state index in [1.54, 1.807) is 11.9 Å². The third-order valence-corrected chi connectivity index (χ3v) is 2.56. The summed E-state index contributed by atoms with van der Waals surface area (Å²) in [6, 6.07) is 5.95. The van der Waals surface area contributed by atoms with Crippen molar-refractivity contribution in [2.24, 2.45) is 5.73 Å². The molecule has 1 aromatic rings. The zero-order valence-corrected chi connectivity index (χ0v) is 10.6. The number of benzene rings is 1. The van der Waals surface area contributed by atoms with Crippen molar-refractivity contribution in [3.8, 4) is 0 Å². The molecule has 0 fully saturated rings. The van der Waals surface area contributed by atoms with E-state index in [2.05, 4.69) is 0 Å². The van der Waals surface area contributed by atoms with Crippen LogP contribution in [0.5, 0.6) is 0 Å². The Labute approximate surface area is 101 Å². The molecule has 0 radical (unpaired) electrons. The highest BCUT2D eigenvalue weighted by Crippen LogP contribution is 2.20. The van der Waals surface area contributed by atoms with Gasteiger partial charge in [0.05, 0.1) is 11.4 Å². The topological polar surface area (TPSA) is 46.3 Å². The lowest BCUT2D eigenvalue weighted by atomic mass is 10.1. The summed E-state index contributed by atoms with van der Waals surface area (Å²) in [5.41, 5.74) is 8.50. The number of rotatable bonds is 3. The van der Waals surface area contributed by atoms with Gasteiger partial charge in [-0.3, -0.25) is 4.79 Å². The number of nitrogens with zero attached hydrogens (tertiary/aromatic N) is 1. The second-order valence-electron chi connectivity index (χ2n) is 3.89. The highest BCUT2D eigenvalue weighted by Gasteiger charge is 2.13. The summed E-state index contributed by atoms with van der Waals surface area (Å²) < 4.78 is 0. The third kappa shape index (κ3) is 3.03. The normalized spacial score (nSPS) is 9.94. The van der Waals surface area contributed by atoms with Crippen LogP contribution >= 0.6 is 12.2 Å². The van der Waals surface area contributed by atoms with Crippen molar-refractivity contribution in [1.29, 1.82) is 0 Å². The predicted molar refractivity (Wildman–Crippen MR) is 70.7 cm³/mol. The number of aryl methyl sites for hydroxylation is 2. The Kier molecular flexibility index (Phi) is 4.01. The molecule has 0 aliphatic rings.